The molecule has 0 radical (unpaired) electrons. The normalized spacial score (nSPS) is 8.29. The summed E-state index contributed by atoms with van der Waals surface area (Å²) in [6.45, 7) is 7.73. The Kier molecular flexibility index (Phi) is 3.44. The average molecular weight is 110 g/mol. The van der Waals surface area contributed by atoms with Crippen LogP contribution in [0.25, 0.3) is 0 Å². The standard InChI is InChI=1S/C6H10Si/c1-6(2)4-5-7-3/h1,7H2,2-3H3. The molecule has 0 bridgehead atoms. The number of hydrogen-bond donors (Lipinski definition) is 0. The Morgan fingerprint density at radius 1 is 1.71 bits per heavy atom. The maximum atomic E-state index is 3.64. The quantitative estimate of drug-likeness (QED) is 0.319. The highest BCUT2D eigenvalue weighted by atomic mass is 28.2. The van der Waals surface area contributed by atoms with Gasteiger partial charge in [0.1, 0.15) is 9.52 Å². The number of hydrogen-bond acceptors (Lipinski definition) is 0. The van der Waals surface area contributed by atoms with Crippen LogP contribution in [-0.4, -0.2) is 9.52 Å². The Morgan fingerprint density at radius 3 is 2.43 bits per heavy atom. The monoisotopic (exact) mass is 110 g/mol. The Bertz CT molecular complexity index is 114. The lowest BCUT2D eigenvalue weighted by molar-refractivity contribution is 1.63. The van der Waals surface area contributed by atoms with Gasteiger partial charge in [0.2, 0.25) is 0 Å². The topological polar surface area (TPSA) is 0 Å². The van der Waals surface area contributed by atoms with Gasteiger partial charge in [-0.1, -0.05) is 19.0 Å². The largest absolute Gasteiger partial charge is 0.135 e. The number of allylic oxidation sites excluding steroid dienone is 1. The Hall–Kier alpha value is -0.483. The molecule has 0 aliphatic heterocycles. The van der Waals surface area contributed by atoms with Crippen molar-refractivity contribution in [3.05, 3.63) is 12.2 Å². The fourth-order valence-corrected chi connectivity index (χ4v) is 0.718. The molecule has 0 heterocycles. The van der Waals surface area contributed by atoms with E-state index in [2.05, 4.69) is 24.6 Å². The Labute approximate surface area is 47.4 Å². The molecule has 0 aliphatic carbocycles. The van der Waals surface area contributed by atoms with E-state index in [1.54, 1.807) is 0 Å². The first kappa shape index (κ1) is 6.52. The van der Waals surface area contributed by atoms with Crippen molar-refractivity contribution in [1.29, 1.82) is 0 Å². The van der Waals surface area contributed by atoms with Gasteiger partial charge < -0.3 is 0 Å². The van der Waals surface area contributed by atoms with Gasteiger partial charge in [-0.05, 0) is 12.5 Å². The van der Waals surface area contributed by atoms with Gasteiger partial charge in [-0.2, -0.15) is 0 Å². The van der Waals surface area contributed by atoms with Crippen LogP contribution in [0, 0.1) is 11.5 Å². The second-order valence-corrected chi connectivity index (χ2v) is 2.50. The van der Waals surface area contributed by atoms with Crippen molar-refractivity contribution in [3.63, 3.8) is 0 Å². The van der Waals surface area contributed by atoms with Crippen molar-refractivity contribution >= 4 is 9.52 Å². The van der Waals surface area contributed by atoms with Gasteiger partial charge in [-0.15, -0.1) is 5.54 Å². The average Bonchev–Trinajstić information content (AvgIpc) is 1.61. The first-order valence-corrected chi connectivity index (χ1v) is 4.54. The summed E-state index contributed by atoms with van der Waals surface area (Å²) < 4.78 is 0. The van der Waals surface area contributed by atoms with E-state index in [1.165, 1.54) is 0 Å². The minimum absolute atomic E-state index is 0.0508. The van der Waals surface area contributed by atoms with Crippen molar-refractivity contribution in [2.45, 2.75) is 13.5 Å². The van der Waals surface area contributed by atoms with Crippen LogP contribution in [0.15, 0.2) is 12.2 Å². The third kappa shape index (κ3) is 5.52. The first-order chi connectivity index (χ1) is 3.27. The molecule has 0 unspecified atom stereocenters. The second-order valence-electron chi connectivity index (χ2n) is 1.44. The lowest BCUT2D eigenvalue weighted by Gasteiger charge is -1.73. The van der Waals surface area contributed by atoms with Gasteiger partial charge in [0, 0.05) is 0 Å². The highest BCUT2D eigenvalue weighted by molar-refractivity contribution is 6.44. The molecule has 0 atom stereocenters. The van der Waals surface area contributed by atoms with Crippen molar-refractivity contribution in [2.24, 2.45) is 0 Å². The first-order valence-electron chi connectivity index (χ1n) is 2.41. The van der Waals surface area contributed by atoms with Crippen LogP contribution in [0.5, 0.6) is 0 Å². The SMILES string of the molecule is C=C(C)C#C[SiH2]C. The zero-order valence-electron chi connectivity index (χ0n) is 4.91. The van der Waals surface area contributed by atoms with Gasteiger partial charge in [0.15, 0.2) is 0 Å². The maximum absolute atomic E-state index is 3.64. The predicted octanol–water partition coefficient (Wildman–Crippen LogP) is 0.740. The molecule has 0 aliphatic rings. The van der Waals surface area contributed by atoms with Crippen molar-refractivity contribution in [1.82, 2.24) is 0 Å². The molecule has 0 spiro atoms. The Morgan fingerprint density at radius 2 is 2.29 bits per heavy atom. The molecule has 0 rings (SSSR count). The van der Waals surface area contributed by atoms with Crippen LogP contribution in [0.1, 0.15) is 6.92 Å². The van der Waals surface area contributed by atoms with Gasteiger partial charge >= 0.3 is 0 Å². The van der Waals surface area contributed by atoms with Gasteiger partial charge in [0.25, 0.3) is 0 Å². The summed E-state index contributed by atoms with van der Waals surface area (Å²) in [5.41, 5.74) is 4.02. The van der Waals surface area contributed by atoms with Gasteiger partial charge in [-0.25, -0.2) is 0 Å². The third-order valence-corrected chi connectivity index (χ3v) is 1.01. The molecule has 0 aromatic carbocycles. The van der Waals surface area contributed by atoms with Crippen molar-refractivity contribution in [3.8, 4) is 11.5 Å². The van der Waals surface area contributed by atoms with Crippen LogP contribution in [0.2, 0.25) is 6.55 Å². The molecule has 0 aromatic heterocycles. The van der Waals surface area contributed by atoms with Crippen LogP contribution in [-0.2, 0) is 0 Å². The highest BCUT2D eigenvalue weighted by Gasteiger charge is 1.65. The summed E-state index contributed by atoms with van der Waals surface area (Å²) in [5, 5.41) is 0. The summed E-state index contributed by atoms with van der Waals surface area (Å²) in [7, 11) is -0.0508. The van der Waals surface area contributed by atoms with Crippen molar-refractivity contribution in [2.75, 3.05) is 0 Å². The minimum Gasteiger partial charge on any atom is -0.135 e. The summed E-state index contributed by atoms with van der Waals surface area (Å²) in [6.07, 6.45) is 0. The molecule has 7 heavy (non-hydrogen) atoms. The lowest BCUT2D eigenvalue weighted by Crippen LogP contribution is -1.70. The minimum atomic E-state index is -0.0508. The third-order valence-electron chi connectivity index (χ3n) is 0.479. The molecule has 0 nitrogen and oxygen atoms in total. The van der Waals surface area contributed by atoms with E-state index >= 15 is 0 Å². The lowest BCUT2D eigenvalue weighted by atomic mass is 10.4. The fourth-order valence-electron chi connectivity index (χ4n) is 0.239. The second kappa shape index (κ2) is 3.70. The van der Waals surface area contributed by atoms with E-state index in [0.717, 1.165) is 5.57 Å². The summed E-state index contributed by atoms with van der Waals surface area (Å²) in [6, 6.07) is 0. The fraction of sp³-hybridized carbons (Fsp3) is 0.333. The summed E-state index contributed by atoms with van der Waals surface area (Å²) in [5.74, 6) is 2.91. The molecule has 0 aromatic rings. The maximum Gasteiger partial charge on any atom is 0.104 e. The molecular formula is C6H10Si. The number of rotatable bonds is 0. The van der Waals surface area contributed by atoms with E-state index < -0.39 is 0 Å². The van der Waals surface area contributed by atoms with Crippen molar-refractivity contribution < 1.29 is 0 Å². The zero-order chi connectivity index (χ0) is 5.70. The molecule has 0 saturated carbocycles. The summed E-state index contributed by atoms with van der Waals surface area (Å²) in [4.78, 5) is 0. The predicted molar refractivity (Wildman–Crippen MR) is 37.0 cm³/mol. The van der Waals surface area contributed by atoms with Crippen LogP contribution >= 0.6 is 0 Å². The van der Waals surface area contributed by atoms with Gasteiger partial charge in [0.05, 0.1) is 0 Å². The van der Waals surface area contributed by atoms with Crippen LogP contribution in [0.4, 0.5) is 0 Å². The van der Waals surface area contributed by atoms with Gasteiger partial charge in [-0.3, -0.25) is 0 Å². The van der Waals surface area contributed by atoms with E-state index in [1.807, 2.05) is 6.92 Å². The van der Waals surface area contributed by atoms with E-state index in [9.17, 15) is 0 Å². The highest BCUT2D eigenvalue weighted by Crippen LogP contribution is 1.77. The summed E-state index contributed by atoms with van der Waals surface area (Å²) >= 11 is 0. The molecule has 0 saturated heterocycles. The molecule has 38 valence electrons. The van der Waals surface area contributed by atoms with E-state index in [4.69, 9.17) is 0 Å². The van der Waals surface area contributed by atoms with Crippen LogP contribution < -0.4 is 0 Å². The molecular weight excluding hydrogens is 100 g/mol. The zero-order valence-corrected chi connectivity index (χ0v) is 6.33. The molecule has 1 heteroatoms. The Balaban J connectivity index is 3.45. The smallest absolute Gasteiger partial charge is 0.104 e. The molecule has 0 amide bonds. The van der Waals surface area contributed by atoms with Crippen LogP contribution in [0.3, 0.4) is 0 Å². The van der Waals surface area contributed by atoms with E-state index in [0.29, 0.717) is 0 Å². The van der Waals surface area contributed by atoms with E-state index in [-0.39, 0.29) is 9.52 Å². The molecule has 0 N–H and O–H groups in total. The molecule has 0 fully saturated rings.